The maximum absolute atomic E-state index is 12.1. The molecule has 8 heteroatoms. The molecule has 2 aromatic rings. The molecule has 1 amide bonds. The maximum Gasteiger partial charge on any atom is 0.272 e. The van der Waals surface area contributed by atoms with Gasteiger partial charge in [0, 0.05) is 5.56 Å². The number of nitrogens with one attached hydrogen (secondary N) is 2. The molecule has 2 N–H and O–H groups in total. The van der Waals surface area contributed by atoms with Crippen LogP contribution in [0.1, 0.15) is 28.4 Å². The van der Waals surface area contributed by atoms with E-state index >= 15 is 0 Å². The minimum Gasteiger partial charge on any atom is -0.484 e. The zero-order valence-electron chi connectivity index (χ0n) is 14.7. The Balaban J connectivity index is 1.92. The first-order valence-electron chi connectivity index (χ1n) is 7.80. The van der Waals surface area contributed by atoms with Crippen molar-refractivity contribution in [2.45, 2.75) is 25.7 Å². The van der Waals surface area contributed by atoms with E-state index in [0.717, 1.165) is 11.1 Å². The highest BCUT2D eigenvalue weighted by molar-refractivity contribution is 7.89. The van der Waals surface area contributed by atoms with Gasteiger partial charge in [-0.1, -0.05) is 18.2 Å². The standard InChI is InChI=1S/C18H20N2O5S/c1-12-8-13(2)10-16(9-12)25-11-18(22)19-20-26(23,24)17-6-4-15(5-7-17)14(3)21/h4-10,20H,11H2,1-3H3,(H,19,22). The van der Waals surface area contributed by atoms with E-state index in [1.54, 1.807) is 12.1 Å². The van der Waals surface area contributed by atoms with E-state index < -0.39 is 15.9 Å². The smallest absolute Gasteiger partial charge is 0.272 e. The van der Waals surface area contributed by atoms with Crippen molar-refractivity contribution in [3.8, 4) is 5.75 Å². The molecule has 0 bridgehead atoms. The number of hydrogen-bond donors (Lipinski definition) is 2. The van der Waals surface area contributed by atoms with E-state index in [1.165, 1.54) is 31.2 Å². The SMILES string of the molecule is CC(=O)c1ccc(S(=O)(=O)NNC(=O)COc2cc(C)cc(C)c2)cc1. The van der Waals surface area contributed by atoms with Crippen LogP contribution in [-0.4, -0.2) is 26.7 Å². The summed E-state index contributed by atoms with van der Waals surface area (Å²) in [5.41, 5.74) is 4.48. The Morgan fingerprint density at radius 1 is 1.00 bits per heavy atom. The van der Waals surface area contributed by atoms with Gasteiger partial charge in [0.05, 0.1) is 4.90 Å². The number of carbonyl (C=O) groups excluding carboxylic acids is 2. The zero-order valence-corrected chi connectivity index (χ0v) is 15.5. The Hall–Kier alpha value is -2.71. The number of carbonyl (C=O) groups is 2. The van der Waals surface area contributed by atoms with Crippen LogP contribution in [-0.2, 0) is 14.8 Å². The summed E-state index contributed by atoms with van der Waals surface area (Å²) in [5, 5.41) is 0. The lowest BCUT2D eigenvalue weighted by atomic mass is 10.1. The lowest BCUT2D eigenvalue weighted by Gasteiger charge is -2.10. The minimum absolute atomic E-state index is 0.0713. The molecular formula is C18H20N2O5S. The molecule has 138 valence electrons. The van der Waals surface area contributed by atoms with E-state index in [9.17, 15) is 18.0 Å². The van der Waals surface area contributed by atoms with Crippen LogP contribution in [0.2, 0.25) is 0 Å². The number of benzene rings is 2. The summed E-state index contributed by atoms with van der Waals surface area (Å²) in [4.78, 5) is 24.9. The molecule has 7 nitrogen and oxygen atoms in total. The Morgan fingerprint density at radius 3 is 2.12 bits per heavy atom. The summed E-state index contributed by atoms with van der Waals surface area (Å²) in [6.45, 7) is 4.86. The molecule has 2 rings (SSSR count). The van der Waals surface area contributed by atoms with Crippen molar-refractivity contribution in [3.05, 3.63) is 59.2 Å². The molecule has 0 aliphatic heterocycles. The number of sulfonamides is 1. The van der Waals surface area contributed by atoms with E-state index in [2.05, 4.69) is 5.43 Å². The predicted molar refractivity (Wildman–Crippen MR) is 96.3 cm³/mol. The summed E-state index contributed by atoms with van der Waals surface area (Å²) >= 11 is 0. The third kappa shape index (κ3) is 5.40. The molecule has 0 atom stereocenters. The van der Waals surface area contributed by atoms with Gasteiger partial charge in [0.25, 0.3) is 15.9 Å². The molecule has 0 aliphatic carbocycles. The number of Topliss-reactive ketones (excluding diaryl/α,β-unsaturated/α-hetero) is 1. The van der Waals surface area contributed by atoms with Crippen molar-refractivity contribution in [3.63, 3.8) is 0 Å². The van der Waals surface area contributed by atoms with Gasteiger partial charge in [-0.2, -0.15) is 0 Å². The fourth-order valence-electron chi connectivity index (χ4n) is 2.25. The fraction of sp³-hybridized carbons (Fsp3) is 0.222. The molecule has 0 saturated carbocycles. The number of aryl methyl sites for hydroxylation is 2. The van der Waals surface area contributed by atoms with Crippen LogP contribution in [0.3, 0.4) is 0 Å². The molecule has 0 spiro atoms. The molecule has 2 aromatic carbocycles. The van der Waals surface area contributed by atoms with Gasteiger partial charge < -0.3 is 4.74 Å². The van der Waals surface area contributed by atoms with Crippen LogP contribution < -0.4 is 15.0 Å². The Kier molecular flexibility index (Phi) is 6.12. The molecule has 0 unspecified atom stereocenters. The lowest BCUT2D eigenvalue weighted by Crippen LogP contribution is -2.43. The van der Waals surface area contributed by atoms with Crippen LogP contribution >= 0.6 is 0 Å². The third-order valence-corrected chi connectivity index (χ3v) is 4.72. The van der Waals surface area contributed by atoms with Crippen LogP contribution in [0.4, 0.5) is 0 Å². The molecule has 0 aliphatic rings. The summed E-state index contributed by atoms with van der Waals surface area (Å²) in [6, 6.07) is 10.9. The first-order chi connectivity index (χ1) is 12.2. The molecular weight excluding hydrogens is 356 g/mol. The molecule has 0 radical (unpaired) electrons. The summed E-state index contributed by atoms with van der Waals surface area (Å²) in [5.74, 6) is -0.285. The highest BCUT2D eigenvalue weighted by Gasteiger charge is 2.15. The average molecular weight is 376 g/mol. The molecule has 0 heterocycles. The number of amides is 1. The second-order valence-electron chi connectivity index (χ2n) is 5.85. The van der Waals surface area contributed by atoms with Gasteiger partial charge in [0.1, 0.15) is 5.75 Å². The molecule has 0 fully saturated rings. The van der Waals surface area contributed by atoms with Gasteiger partial charge in [0.15, 0.2) is 12.4 Å². The van der Waals surface area contributed by atoms with Crippen molar-refractivity contribution in [2.24, 2.45) is 0 Å². The van der Waals surface area contributed by atoms with E-state index in [-0.39, 0.29) is 17.3 Å². The van der Waals surface area contributed by atoms with Crippen LogP contribution in [0.15, 0.2) is 47.4 Å². The Morgan fingerprint density at radius 2 is 1.58 bits per heavy atom. The average Bonchev–Trinajstić information content (AvgIpc) is 2.57. The second kappa shape index (κ2) is 8.11. The molecule has 26 heavy (non-hydrogen) atoms. The number of ketones is 1. The van der Waals surface area contributed by atoms with Crippen molar-refractivity contribution < 1.29 is 22.7 Å². The first-order valence-corrected chi connectivity index (χ1v) is 9.28. The fourth-order valence-corrected chi connectivity index (χ4v) is 3.11. The third-order valence-electron chi connectivity index (χ3n) is 3.46. The van der Waals surface area contributed by atoms with E-state index in [1.807, 2.05) is 24.7 Å². The van der Waals surface area contributed by atoms with Crippen molar-refractivity contribution in [1.29, 1.82) is 0 Å². The quantitative estimate of drug-likeness (QED) is 0.568. The van der Waals surface area contributed by atoms with Gasteiger partial charge in [-0.25, -0.2) is 8.42 Å². The number of rotatable bonds is 7. The van der Waals surface area contributed by atoms with Crippen molar-refractivity contribution in [1.82, 2.24) is 10.3 Å². The summed E-state index contributed by atoms with van der Waals surface area (Å²) < 4.78 is 29.6. The monoisotopic (exact) mass is 376 g/mol. The summed E-state index contributed by atoms with van der Waals surface area (Å²) in [7, 11) is -3.94. The van der Waals surface area contributed by atoms with Crippen LogP contribution in [0.5, 0.6) is 5.75 Å². The first kappa shape index (κ1) is 19.6. The van der Waals surface area contributed by atoms with E-state index in [4.69, 9.17) is 4.74 Å². The Labute approximate surface area is 152 Å². The van der Waals surface area contributed by atoms with Gasteiger partial charge in [-0.05, 0) is 56.2 Å². The highest BCUT2D eigenvalue weighted by Crippen LogP contribution is 2.16. The van der Waals surface area contributed by atoms with Crippen LogP contribution in [0.25, 0.3) is 0 Å². The van der Waals surface area contributed by atoms with Gasteiger partial charge in [-0.15, -0.1) is 4.83 Å². The molecule has 0 saturated heterocycles. The largest absolute Gasteiger partial charge is 0.484 e. The highest BCUT2D eigenvalue weighted by atomic mass is 32.2. The van der Waals surface area contributed by atoms with Crippen molar-refractivity contribution >= 4 is 21.7 Å². The lowest BCUT2D eigenvalue weighted by molar-refractivity contribution is -0.123. The minimum atomic E-state index is -3.94. The second-order valence-corrected chi connectivity index (χ2v) is 7.53. The van der Waals surface area contributed by atoms with Gasteiger partial charge >= 0.3 is 0 Å². The molecule has 0 aromatic heterocycles. The van der Waals surface area contributed by atoms with Crippen LogP contribution in [0, 0.1) is 13.8 Å². The number of ether oxygens (including phenoxy) is 1. The number of hydrogen-bond acceptors (Lipinski definition) is 5. The van der Waals surface area contributed by atoms with Gasteiger partial charge in [-0.3, -0.25) is 15.0 Å². The summed E-state index contributed by atoms with van der Waals surface area (Å²) in [6.07, 6.45) is 0. The topological polar surface area (TPSA) is 102 Å². The predicted octanol–water partition coefficient (Wildman–Crippen LogP) is 1.89. The van der Waals surface area contributed by atoms with Crippen molar-refractivity contribution in [2.75, 3.05) is 6.61 Å². The number of hydrazine groups is 1. The maximum atomic E-state index is 12.1. The van der Waals surface area contributed by atoms with E-state index in [0.29, 0.717) is 11.3 Å². The zero-order chi connectivity index (χ0) is 19.3. The Bertz CT molecular complexity index is 901. The van der Waals surface area contributed by atoms with Gasteiger partial charge in [0.2, 0.25) is 0 Å². The normalized spacial score (nSPS) is 11.0.